The Morgan fingerprint density at radius 1 is 1.04 bits per heavy atom. The summed E-state index contributed by atoms with van der Waals surface area (Å²) in [7, 11) is 3.18. The number of terminal acetylenes is 1. The van der Waals surface area contributed by atoms with E-state index in [1.165, 1.54) is 0 Å². The Balaban J connectivity index is 0.00000151. The van der Waals surface area contributed by atoms with Crippen molar-refractivity contribution in [3.63, 3.8) is 0 Å². The highest BCUT2D eigenvalue weighted by atomic mass is 16.5. The number of hydrogen-bond donors (Lipinski definition) is 1. The summed E-state index contributed by atoms with van der Waals surface area (Å²) in [6.45, 7) is 2.28. The smallest absolute Gasteiger partial charge is 0.258 e. The van der Waals surface area contributed by atoms with Crippen LogP contribution in [0.3, 0.4) is 0 Å². The molecule has 5 nitrogen and oxygen atoms in total. The standard InChI is InChI=1S/C18H21NO4.C2H2/c1-13-6-4-5-7-16(13)23-12-18(20)19-11-14-8-9-15(21-2)10-17(14)22-3;1-2/h4-10H,11-12H2,1-3H3,(H,19,20);1-2H. The number of para-hydroxylation sites is 1. The van der Waals surface area contributed by atoms with Crippen LogP contribution in [-0.4, -0.2) is 26.7 Å². The molecule has 0 fully saturated rings. The summed E-state index contributed by atoms with van der Waals surface area (Å²) in [5.74, 6) is 1.90. The van der Waals surface area contributed by atoms with Gasteiger partial charge in [0, 0.05) is 18.2 Å². The van der Waals surface area contributed by atoms with Crippen molar-refractivity contribution in [2.45, 2.75) is 13.5 Å². The minimum absolute atomic E-state index is 0.0245. The van der Waals surface area contributed by atoms with Gasteiger partial charge in [-0.3, -0.25) is 4.79 Å². The molecule has 0 unspecified atom stereocenters. The van der Waals surface area contributed by atoms with Crippen LogP contribution in [0.2, 0.25) is 0 Å². The van der Waals surface area contributed by atoms with E-state index in [-0.39, 0.29) is 12.5 Å². The van der Waals surface area contributed by atoms with Gasteiger partial charge in [0.05, 0.1) is 14.2 Å². The molecule has 0 radical (unpaired) electrons. The van der Waals surface area contributed by atoms with Gasteiger partial charge in [0.1, 0.15) is 17.2 Å². The van der Waals surface area contributed by atoms with E-state index in [4.69, 9.17) is 14.2 Å². The Morgan fingerprint density at radius 2 is 1.76 bits per heavy atom. The molecule has 25 heavy (non-hydrogen) atoms. The van der Waals surface area contributed by atoms with Crippen LogP contribution in [0.25, 0.3) is 0 Å². The zero-order valence-corrected chi connectivity index (χ0v) is 14.7. The van der Waals surface area contributed by atoms with Crippen molar-refractivity contribution in [1.29, 1.82) is 0 Å². The Hall–Kier alpha value is -3.13. The largest absolute Gasteiger partial charge is 0.497 e. The zero-order chi connectivity index (χ0) is 18.7. The van der Waals surface area contributed by atoms with Crippen molar-refractivity contribution in [1.82, 2.24) is 5.32 Å². The molecule has 5 heteroatoms. The maximum Gasteiger partial charge on any atom is 0.258 e. The molecule has 2 aromatic rings. The molecule has 0 aliphatic heterocycles. The molecule has 2 rings (SSSR count). The molecule has 0 saturated heterocycles. The van der Waals surface area contributed by atoms with E-state index in [2.05, 4.69) is 18.2 Å². The maximum absolute atomic E-state index is 11.9. The second-order valence-corrected chi connectivity index (χ2v) is 5.01. The summed E-state index contributed by atoms with van der Waals surface area (Å²) in [5, 5.41) is 2.82. The molecule has 0 atom stereocenters. The van der Waals surface area contributed by atoms with Gasteiger partial charge in [0.25, 0.3) is 5.91 Å². The van der Waals surface area contributed by atoms with Gasteiger partial charge in [-0.15, -0.1) is 12.8 Å². The summed E-state index contributed by atoms with van der Waals surface area (Å²) < 4.78 is 16.0. The van der Waals surface area contributed by atoms with Gasteiger partial charge in [-0.05, 0) is 30.7 Å². The molecule has 0 bridgehead atoms. The fourth-order valence-corrected chi connectivity index (χ4v) is 2.10. The van der Waals surface area contributed by atoms with Crippen molar-refractivity contribution in [3.05, 3.63) is 53.6 Å². The minimum atomic E-state index is -0.189. The number of rotatable bonds is 7. The fourth-order valence-electron chi connectivity index (χ4n) is 2.10. The molecule has 0 aliphatic rings. The molecule has 0 aromatic heterocycles. The van der Waals surface area contributed by atoms with E-state index < -0.39 is 0 Å². The Morgan fingerprint density at radius 3 is 2.40 bits per heavy atom. The molecular weight excluding hydrogens is 318 g/mol. The third kappa shape index (κ3) is 6.11. The summed E-state index contributed by atoms with van der Waals surface area (Å²) in [6, 6.07) is 13.1. The molecule has 132 valence electrons. The molecule has 0 aliphatic carbocycles. The number of nitrogens with one attached hydrogen (secondary N) is 1. The van der Waals surface area contributed by atoms with Crippen LogP contribution in [0.15, 0.2) is 42.5 Å². The first-order chi connectivity index (χ1) is 12.1. The minimum Gasteiger partial charge on any atom is -0.497 e. The fraction of sp³-hybridized carbons (Fsp3) is 0.250. The highest BCUT2D eigenvalue weighted by molar-refractivity contribution is 5.77. The summed E-state index contributed by atoms with van der Waals surface area (Å²) in [4.78, 5) is 11.9. The van der Waals surface area contributed by atoms with Gasteiger partial charge in [0.15, 0.2) is 6.61 Å². The predicted molar refractivity (Wildman–Crippen MR) is 98.0 cm³/mol. The molecule has 2 aromatic carbocycles. The normalized spacial score (nSPS) is 9.32. The van der Waals surface area contributed by atoms with Gasteiger partial charge in [-0.25, -0.2) is 0 Å². The zero-order valence-electron chi connectivity index (χ0n) is 14.7. The first-order valence-electron chi connectivity index (χ1n) is 7.63. The Labute approximate surface area is 148 Å². The summed E-state index contributed by atoms with van der Waals surface area (Å²) >= 11 is 0. The van der Waals surface area contributed by atoms with Crippen LogP contribution in [0.5, 0.6) is 17.2 Å². The van der Waals surface area contributed by atoms with E-state index in [1.54, 1.807) is 20.3 Å². The van der Waals surface area contributed by atoms with Crippen LogP contribution in [-0.2, 0) is 11.3 Å². The van der Waals surface area contributed by atoms with Crippen LogP contribution in [0.4, 0.5) is 0 Å². The summed E-state index contributed by atoms with van der Waals surface area (Å²) in [5.41, 5.74) is 1.87. The second kappa shape index (κ2) is 10.6. The third-order valence-corrected chi connectivity index (χ3v) is 3.42. The molecule has 0 heterocycles. The first kappa shape index (κ1) is 19.9. The number of amides is 1. The molecule has 1 amide bonds. The lowest BCUT2D eigenvalue weighted by Gasteiger charge is -2.12. The average Bonchev–Trinajstić information content (AvgIpc) is 2.67. The topological polar surface area (TPSA) is 56.8 Å². The van der Waals surface area contributed by atoms with Gasteiger partial charge in [-0.1, -0.05) is 18.2 Å². The van der Waals surface area contributed by atoms with Gasteiger partial charge >= 0.3 is 0 Å². The average molecular weight is 341 g/mol. The Kier molecular flexibility index (Phi) is 8.45. The van der Waals surface area contributed by atoms with Crippen molar-refractivity contribution in [2.75, 3.05) is 20.8 Å². The van der Waals surface area contributed by atoms with Crippen LogP contribution in [0, 0.1) is 19.8 Å². The highest BCUT2D eigenvalue weighted by Crippen LogP contribution is 2.24. The lowest BCUT2D eigenvalue weighted by atomic mass is 10.2. The first-order valence-corrected chi connectivity index (χ1v) is 7.63. The van der Waals surface area contributed by atoms with Crippen molar-refractivity contribution >= 4 is 5.91 Å². The number of benzene rings is 2. The van der Waals surface area contributed by atoms with E-state index in [0.29, 0.717) is 23.8 Å². The van der Waals surface area contributed by atoms with Crippen molar-refractivity contribution in [2.24, 2.45) is 0 Å². The molecule has 0 saturated carbocycles. The third-order valence-electron chi connectivity index (χ3n) is 3.42. The van der Waals surface area contributed by atoms with Crippen LogP contribution in [0.1, 0.15) is 11.1 Å². The monoisotopic (exact) mass is 341 g/mol. The van der Waals surface area contributed by atoms with E-state index in [9.17, 15) is 4.79 Å². The number of ether oxygens (including phenoxy) is 3. The summed E-state index contributed by atoms with van der Waals surface area (Å²) in [6.07, 6.45) is 8.00. The predicted octanol–water partition coefficient (Wildman–Crippen LogP) is 2.96. The number of methoxy groups -OCH3 is 2. The quantitative estimate of drug-likeness (QED) is 0.787. The van der Waals surface area contributed by atoms with Gasteiger partial charge in [-0.2, -0.15) is 0 Å². The van der Waals surface area contributed by atoms with E-state index >= 15 is 0 Å². The second-order valence-electron chi connectivity index (χ2n) is 5.01. The molecular formula is C20H23NO4. The van der Waals surface area contributed by atoms with Crippen molar-refractivity contribution < 1.29 is 19.0 Å². The maximum atomic E-state index is 11.9. The van der Waals surface area contributed by atoms with Crippen LogP contribution >= 0.6 is 0 Å². The number of aryl methyl sites for hydroxylation is 1. The van der Waals surface area contributed by atoms with Crippen molar-refractivity contribution in [3.8, 4) is 30.1 Å². The highest BCUT2D eigenvalue weighted by Gasteiger charge is 2.08. The molecule has 0 spiro atoms. The van der Waals surface area contributed by atoms with E-state index in [1.807, 2.05) is 43.3 Å². The number of carbonyl (C=O) groups excluding carboxylic acids is 1. The van der Waals surface area contributed by atoms with Crippen LogP contribution < -0.4 is 19.5 Å². The van der Waals surface area contributed by atoms with E-state index in [0.717, 1.165) is 11.1 Å². The number of hydrogen-bond acceptors (Lipinski definition) is 4. The van der Waals surface area contributed by atoms with Gasteiger partial charge < -0.3 is 19.5 Å². The van der Waals surface area contributed by atoms with Gasteiger partial charge in [0.2, 0.25) is 0 Å². The lowest BCUT2D eigenvalue weighted by Crippen LogP contribution is -2.28. The molecule has 1 N–H and O–H groups in total. The SMILES string of the molecule is C#C.COc1ccc(CNC(=O)COc2ccccc2C)c(OC)c1. The Bertz CT molecular complexity index is 710. The lowest BCUT2D eigenvalue weighted by molar-refractivity contribution is -0.123. The number of carbonyl (C=O) groups is 1.